The summed E-state index contributed by atoms with van der Waals surface area (Å²) in [6, 6.07) is 4.40. The topological polar surface area (TPSA) is 97.2 Å². The van der Waals surface area contributed by atoms with Crippen LogP contribution >= 0.6 is 11.3 Å². The van der Waals surface area contributed by atoms with Crippen molar-refractivity contribution in [1.82, 2.24) is 10.3 Å². The molecule has 0 aliphatic rings. The van der Waals surface area contributed by atoms with Gasteiger partial charge in [0.25, 0.3) is 11.6 Å². The highest BCUT2D eigenvalue weighted by atomic mass is 32.1. The zero-order valence-corrected chi connectivity index (χ0v) is 12.1. The molecule has 1 amide bonds. The highest BCUT2D eigenvalue weighted by molar-refractivity contribution is 7.07. The van der Waals surface area contributed by atoms with Crippen LogP contribution in [-0.4, -0.2) is 22.4 Å². The third kappa shape index (κ3) is 3.76. The predicted molar refractivity (Wildman–Crippen MR) is 80.5 cm³/mol. The number of hydrogen-bond donors (Lipinski definition) is 2. The number of rotatable bonds is 6. The molecule has 2 N–H and O–H groups in total. The number of benzene rings is 1. The number of hydrogen-bond acceptors (Lipinski definition) is 6. The van der Waals surface area contributed by atoms with Gasteiger partial charge in [0.2, 0.25) is 0 Å². The zero-order valence-electron chi connectivity index (χ0n) is 11.3. The largest absolute Gasteiger partial charge is 0.385 e. The van der Waals surface area contributed by atoms with Gasteiger partial charge in [0.15, 0.2) is 0 Å². The van der Waals surface area contributed by atoms with E-state index in [4.69, 9.17) is 0 Å². The molecule has 0 atom stereocenters. The second-order valence-electron chi connectivity index (χ2n) is 4.18. The van der Waals surface area contributed by atoms with E-state index in [9.17, 15) is 14.9 Å². The fraction of sp³-hybridized carbons (Fsp3) is 0.231. The van der Waals surface area contributed by atoms with Crippen LogP contribution in [0.3, 0.4) is 0 Å². The molecule has 0 aliphatic heterocycles. The van der Waals surface area contributed by atoms with Crippen LogP contribution in [0, 0.1) is 10.1 Å². The third-order valence-corrected chi connectivity index (χ3v) is 3.37. The number of amides is 1. The van der Waals surface area contributed by atoms with Crippen LogP contribution in [0.4, 0.5) is 11.4 Å². The van der Waals surface area contributed by atoms with Crippen molar-refractivity contribution >= 4 is 28.6 Å². The minimum absolute atomic E-state index is 0.0358. The first-order valence-corrected chi connectivity index (χ1v) is 7.23. The van der Waals surface area contributed by atoms with Crippen LogP contribution in [0.15, 0.2) is 29.1 Å². The van der Waals surface area contributed by atoms with Gasteiger partial charge >= 0.3 is 0 Å². The second kappa shape index (κ2) is 6.80. The third-order valence-electron chi connectivity index (χ3n) is 2.73. The Balaban J connectivity index is 2.20. The maximum absolute atomic E-state index is 12.2. The first-order chi connectivity index (χ1) is 10.1. The van der Waals surface area contributed by atoms with E-state index in [1.165, 1.54) is 23.5 Å². The van der Waals surface area contributed by atoms with Gasteiger partial charge in [0.05, 0.1) is 22.7 Å². The van der Waals surface area contributed by atoms with Crippen molar-refractivity contribution in [3.05, 3.63) is 50.5 Å². The average molecular weight is 306 g/mol. The molecule has 0 saturated carbocycles. The number of carbonyl (C=O) groups is 1. The Morgan fingerprint density at radius 3 is 2.90 bits per heavy atom. The molecule has 110 valence electrons. The lowest BCUT2D eigenvalue weighted by Crippen LogP contribution is -2.24. The molecule has 21 heavy (non-hydrogen) atoms. The molecule has 7 nitrogen and oxygen atoms in total. The summed E-state index contributed by atoms with van der Waals surface area (Å²) in [4.78, 5) is 26.7. The predicted octanol–water partition coefficient (Wildman–Crippen LogP) is 2.41. The van der Waals surface area contributed by atoms with Crippen LogP contribution in [0.2, 0.25) is 0 Å². The van der Waals surface area contributed by atoms with Gasteiger partial charge in [-0.3, -0.25) is 14.9 Å². The fourth-order valence-corrected chi connectivity index (χ4v) is 2.34. The van der Waals surface area contributed by atoms with E-state index >= 15 is 0 Å². The zero-order chi connectivity index (χ0) is 15.2. The number of carbonyl (C=O) groups excluding carboxylic acids is 1. The van der Waals surface area contributed by atoms with Crippen molar-refractivity contribution in [2.24, 2.45) is 0 Å². The number of aromatic nitrogens is 1. The summed E-state index contributed by atoms with van der Waals surface area (Å²) in [5.74, 6) is -0.491. The first-order valence-electron chi connectivity index (χ1n) is 6.29. The molecule has 2 aromatic rings. The van der Waals surface area contributed by atoms with Crippen molar-refractivity contribution in [3.8, 4) is 0 Å². The van der Waals surface area contributed by atoms with E-state index in [0.717, 1.165) is 5.69 Å². The Morgan fingerprint density at radius 2 is 2.29 bits per heavy atom. The van der Waals surface area contributed by atoms with Gasteiger partial charge < -0.3 is 10.6 Å². The standard InChI is InChI=1S/C13H14N4O3S/c1-2-14-9-3-4-12(17(19)20)11(5-9)13(18)15-6-10-7-21-8-16-10/h3-5,7-8,14H,2,6H2,1H3,(H,15,18). The van der Waals surface area contributed by atoms with Gasteiger partial charge in [-0.05, 0) is 19.1 Å². The maximum atomic E-state index is 12.2. The molecule has 0 unspecified atom stereocenters. The molecule has 1 aromatic carbocycles. The Kier molecular flexibility index (Phi) is 4.83. The van der Waals surface area contributed by atoms with Gasteiger partial charge in [-0.25, -0.2) is 4.98 Å². The van der Waals surface area contributed by atoms with E-state index in [2.05, 4.69) is 15.6 Å². The first kappa shape index (κ1) is 14.9. The van der Waals surface area contributed by atoms with Gasteiger partial charge in [-0.15, -0.1) is 11.3 Å². The molecule has 1 aromatic heterocycles. The van der Waals surface area contributed by atoms with Crippen LogP contribution in [0.1, 0.15) is 23.0 Å². The highest BCUT2D eigenvalue weighted by Gasteiger charge is 2.20. The quantitative estimate of drug-likeness (QED) is 0.631. The average Bonchev–Trinajstić information content (AvgIpc) is 2.98. The Hall–Kier alpha value is -2.48. The number of nitrogens with one attached hydrogen (secondary N) is 2. The summed E-state index contributed by atoms with van der Waals surface area (Å²) in [5.41, 5.74) is 2.87. The van der Waals surface area contributed by atoms with Crippen molar-refractivity contribution in [1.29, 1.82) is 0 Å². The second-order valence-corrected chi connectivity index (χ2v) is 4.90. The summed E-state index contributed by atoms with van der Waals surface area (Å²) in [6.45, 7) is 2.81. The summed E-state index contributed by atoms with van der Waals surface area (Å²) < 4.78 is 0. The van der Waals surface area contributed by atoms with Gasteiger partial charge in [0.1, 0.15) is 5.56 Å². The lowest BCUT2D eigenvalue weighted by atomic mass is 10.1. The van der Waals surface area contributed by atoms with Crippen LogP contribution in [-0.2, 0) is 6.54 Å². The lowest BCUT2D eigenvalue weighted by Gasteiger charge is -2.08. The molecule has 1 heterocycles. The van der Waals surface area contributed by atoms with Crippen molar-refractivity contribution in [3.63, 3.8) is 0 Å². The Bertz CT molecular complexity index is 643. The van der Waals surface area contributed by atoms with E-state index in [1.807, 2.05) is 12.3 Å². The number of nitro groups is 1. The molecule has 0 spiro atoms. The minimum Gasteiger partial charge on any atom is -0.385 e. The normalized spacial score (nSPS) is 10.1. The fourth-order valence-electron chi connectivity index (χ4n) is 1.78. The van der Waals surface area contributed by atoms with E-state index in [1.54, 1.807) is 11.6 Å². The molecule has 8 heteroatoms. The van der Waals surface area contributed by atoms with Crippen molar-refractivity contribution in [2.45, 2.75) is 13.5 Å². The van der Waals surface area contributed by atoms with Crippen LogP contribution < -0.4 is 10.6 Å². The number of thiazole rings is 1. The molecule has 0 aliphatic carbocycles. The lowest BCUT2D eigenvalue weighted by molar-refractivity contribution is -0.385. The number of nitrogens with zero attached hydrogens (tertiary/aromatic N) is 2. The summed E-state index contributed by atoms with van der Waals surface area (Å²) in [7, 11) is 0. The Morgan fingerprint density at radius 1 is 1.48 bits per heavy atom. The van der Waals surface area contributed by atoms with Gasteiger partial charge in [-0.1, -0.05) is 0 Å². The smallest absolute Gasteiger partial charge is 0.282 e. The minimum atomic E-state index is -0.562. The molecular weight excluding hydrogens is 292 g/mol. The van der Waals surface area contributed by atoms with Crippen molar-refractivity contribution < 1.29 is 9.72 Å². The Labute approximate surface area is 125 Å². The summed E-state index contributed by atoms with van der Waals surface area (Å²) in [5, 5.41) is 18.5. The molecule has 2 rings (SSSR count). The maximum Gasteiger partial charge on any atom is 0.282 e. The van der Waals surface area contributed by atoms with Gasteiger partial charge in [0, 0.05) is 23.7 Å². The van der Waals surface area contributed by atoms with E-state index < -0.39 is 10.8 Å². The van der Waals surface area contributed by atoms with Gasteiger partial charge in [-0.2, -0.15) is 0 Å². The highest BCUT2D eigenvalue weighted by Crippen LogP contribution is 2.22. The van der Waals surface area contributed by atoms with Crippen molar-refractivity contribution in [2.75, 3.05) is 11.9 Å². The summed E-state index contributed by atoms with van der Waals surface area (Å²) in [6.07, 6.45) is 0. The number of anilines is 1. The van der Waals surface area contributed by atoms with E-state index in [0.29, 0.717) is 12.2 Å². The number of nitro benzene ring substituents is 1. The molecule has 0 fully saturated rings. The summed E-state index contributed by atoms with van der Waals surface area (Å²) >= 11 is 1.42. The van der Waals surface area contributed by atoms with Crippen LogP contribution in [0.5, 0.6) is 0 Å². The SMILES string of the molecule is CCNc1ccc([N+](=O)[O-])c(C(=O)NCc2cscn2)c1. The van der Waals surface area contributed by atoms with Crippen LogP contribution in [0.25, 0.3) is 0 Å². The molecule has 0 saturated heterocycles. The molecular formula is C13H14N4O3S. The van der Waals surface area contributed by atoms with E-state index in [-0.39, 0.29) is 17.8 Å². The molecule has 0 bridgehead atoms. The molecule has 0 radical (unpaired) electrons. The monoisotopic (exact) mass is 306 g/mol.